The number of hydrogen-bond donors (Lipinski definition) is 2. The first-order chi connectivity index (χ1) is 18.2. The molecule has 2 aliphatic heterocycles. The van der Waals surface area contributed by atoms with Crippen molar-refractivity contribution >= 4 is 86.4 Å². The maximum atomic E-state index is 13.2. The van der Waals surface area contributed by atoms with E-state index in [-0.39, 0.29) is 28.1 Å². The lowest BCUT2D eigenvalue weighted by atomic mass is 10.1. The third-order valence-electron chi connectivity index (χ3n) is 6.58. The van der Waals surface area contributed by atoms with Crippen LogP contribution >= 0.6 is 57.5 Å². The second kappa shape index (κ2) is 11.5. The summed E-state index contributed by atoms with van der Waals surface area (Å²) in [5, 5.41) is 10.0. The Morgan fingerprint density at radius 3 is 2.66 bits per heavy atom. The van der Waals surface area contributed by atoms with Crippen LogP contribution in [0.4, 0.5) is 10.9 Å². The predicted molar refractivity (Wildman–Crippen MR) is 157 cm³/mol. The van der Waals surface area contributed by atoms with Gasteiger partial charge in [0.1, 0.15) is 0 Å². The molecule has 5 rings (SSSR count). The third kappa shape index (κ3) is 5.73. The number of aromatic nitrogens is 1. The molecule has 0 spiro atoms. The number of halogens is 3. The summed E-state index contributed by atoms with van der Waals surface area (Å²) in [7, 11) is 0. The van der Waals surface area contributed by atoms with Crippen molar-refractivity contribution in [2.24, 2.45) is 5.92 Å². The zero-order valence-corrected chi connectivity index (χ0v) is 24.5. The Morgan fingerprint density at radius 2 is 2.00 bits per heavy atom. The van der Waals surface area contributed by atoms with Gasteiger partial charge >= 0.3 is 5.97 Å². The topological polar surface area (TPSA) is 83.6 Å². The van der Waals surface area contributed by atoms with E-state index in [0.717, 1.165) is 41.6 Å². The molecule has 0 aliphatic carbocycles. The molecule has 4 heterocycles. The SMILES string of the molecule is CCOC(=O)/C(C)=C/c1c(Cl)cc(C(=O)Nc2nc(N3CC4CCNC4C3)c(-c3cc(Cl)cs3)s2)cc1Cl. The Bertz CT molecular complexity index is 1390. The second-order valence-electron chi connectivity index (χ2n) is 9.17. The van der Waals surface area contributed by atoms with Crippen LogP contribution in [0.1, 0.15) is 36.2 Å². The number of amides is 1. The van der Waals surface area contributed by atoms with Crippen LogP contribution in [0.15, 0.2) is 29.2 Å². The number of esters is 1. The largest absolute Gasteiger partial charge is 0.463 e. The minimum Gasteiger partial charge on any atom is -0.463 e. The summed E-state index contributed by atoms with van der Waals surface area (Å²) in [6.07, 6.45) is 2.71. The molecule has 2 saturated heterocycles. The minimum atomic E-state index is -0.457. The normalized spacial score (nSPS) is 19.1. The molecule has 2 aromatic heterocycles. The molecule has 1 amide bonds. The smallest absolute Gasteiger partial charge is 0.333 e. The van der Waals surface area contributed by atoms with Gasteiger partial charge in [-0.25, -0.2) is 9.78 Å². The van der Waals surface area contributed by atoms with E-state index in [0.29, 0.717) is 33.3 Å². The first-order valence-corrected chi connectivity index (χ1v) is 15.0. The zero-order chi connectivity index (χ0) is 27.0. The molecule has 0 radical (unpaired) electrons. The second-order valence-corrected chi connectivity index (χ2v) is 12.3. The van der Waals surface area contributed by atoms with Gasteiger partial charge in [-0.3, -0.25) is 10.1 Å². The number of rotatable bonds is 7. The summed E-state index contributed by atoms with van der Waals surface area (Å²) in [6, 6.07) is 5.43. The molecule has 0 saturated carbocycles. The number of thiazole rings is 1. The first-order valence-electron chi connectivity index (χ1n) is 12.1. The van der Waals surface area contributed by atoms with Crippen LogP contribution in [0.25, 0.3) is 15.8 Å². The molecular formula is C26H25Cl3N4O3S2. The molecular weight excluding hydrogens is 587 g/mol. The lowest BCUT2D eigenvalue weighted by molar-refractivity contribution is -0.138. The van der Waals surface area contributed by atoms with Gasteiger partial charge in [-0.05, 0) is 57.0 Å². The number of nitrogens with one attached hydrogen (secondary N) is 2. The summed E-state index contributed by atoms with van der Waals surface area (Å²) in [5.74, 6) is 0.605. The van der Waals surface area contributed by atoms with Gasteiger partial charge in [0.05, 0.1) is 26.6 Å². The molecule has 2 fully saturated rings. The predicted octanol–water partition coefficient (Wildman–Crippen LogP) is 6.85. The number of fused-ring (bicyclic) bond motifs is 1. The Hall–Kier alpha value is -2.14. The average molecular weight is 612 g/mol. The van der Waals surface area contributed by atoms with Gasteiger partial charge in [-0.1, -0.05) is 46.1 Å². The Balaban J connectivity index is 1.39. The fourth-order valence-corrected chi connectivity index (χ4v) is 7.51. The molecule has 200 valence electrons. The summed E-state index contributed by atoms with van der Waals surface area (Å²) < 4.78 is 5.01. The van der Waals surface area contributed by atoms with E-state index in [2.05, 4.69) is 15.5 Å². The van der Waals surface area contributed by atoms with Crippen LogP contribution in [0.2, 0.25) is 15.1 Å². The van der Waals surface area contributed by atoms with E-state index in [1.54, 1.807) is 31.3 Å². The van der Waals surface area contributed by atoms with Gasteiger partial charge in [0, 0.05) is 46.1 Å². The number of ether oxygens (including phenoxy) is 1. The highest BCUT2D eigenvalue weighted by Crippen LogP contribution is 2.44. The van der Waals surface area contributed by atoms with Gasteiger partial charge in [-0.2, -0.15) is 0 Å². The van der Waals surface area contributed by atoms with Crippen LogP contribution in [-0.4, -0.2) is 49.1 Å². The third-order valence-corrected chi connectivity index (χ3v) is 9.63. The maximum absolute atomic E-state index is 13.2. The maximum Gasteiger partial charge on any atom is 0.333 e. The Kier molecular flexibility index (Phi) is 8.33. The fraction of sp³-hybridized carbons (Fsp3) is 0.346. The van der Waals surface area contributed by atoms with Crippen molar-refractivity contribution in [1.82, 2.24) is 10.3 Å². The van der Waals surface area contributed by atoms with E-state index >= 15 is 0 Å². The molecule has 2 unspecified atom stereocenters. The summed E-state index contributed by atoms with van der Waals surface area (Å²) >= 11 is 22.1. The van der Waals surface area contributed by atoms with Crippen molar-refractivity contribution in [2.75, 3.05) is 36.5 Å². The van der Waals surface area contributed by atoms with Gasteiger partial charge in [0.25, 0.3) is 5.91 Å². The van der Waals surface area contributed by atoms with Crippen molar-refractivity contribution in [3.05, 3.63) is 55.3 Å². The van der Waals surface area contributed by atoms with Crippen molar-refractivity contribution < 1.29 is 14.3 Å². The Labute approximate surface area is 243 Å². The van der Waals surface area contributed by atoms with Gasteiger partial charge in [-0.15, -0.1) is 11.3 Å². The summed E-state index contributed by atoms with van der Waals surface area (Å²) in [6.45, 7) is 6.46. The number of anilines is 2. The van der Waals surface area contributed by atoms with E-state index in [1.165, 1.54) is 23.5 Å². The number of carbonyl (C=O) groups excluding carboxylic acids is 2. The summed E-state index contributed by atoms with van der Waals surface area (Å²) in [5.41, 5.74) is 1.07. The lowest BCUT2D eigenvalue weighted by Crippen LogP contribution is -2.30. The minimum absolute atomic E-state index is 0.246. The number of benzene rings is 1. The molecule has 2 N–H and O–H groups in total. The standard InChI is InChI=1S/C26H25Cl3N4O3S2/c1-3-36-25(35)13(2)6-17-18(28)7-15(8-19(17)29)24(34)32-26-31-23(22(38-26)21-9-16(27)12-37-21)33-10-14-4-5-30-20(14)11-33/h6-9,12,14,20,30H,3-5,10-11H2,1-2H3,(H,31,32,34)/b13-6+. The van der Waals surface area contributed by atoms with Gasteiger partial charge in [0.2, 0.25) is 0 Å². The number of nitrogens with zero attached hydrogens (tertiary/aromatic N) is 2. The van der Waals surface area contributed by atoms with Crippen molar-refractivity contribution in [3.63, 3.8) is 0 Å². The molecule has 3 aromatic rings. The zero-order valence-electron chi connectivity index (χ0n) is 20.6. The molecule has 38 heavy (non-hydrogen) atoms. The van der Waals surface area contributed by atoms with Gasteiger partial charge < -0.3 is 15.0 Å². The van der Waals surface area contributed by atoms with Crippen LogP contribution in [0.5, 0.6) is 0 Å². The van der Waals surface area contributed by atoms with E-state index in [9.17, 15) is 9.59 Å². The lowest BCUT2D eigenvalue weighted by Gasteiger charge is -2.18. The average Bonchev–Trinajstić information content (AvgIpc) is 3.65. The number of thiophene rings is 1. The van der Waals surface area contributed by atoms with Crippen LogP contribution in [-0.2, 0) is 9.53 Å². The van der Waals surface area contributed by atoms with Crippen LogP contribution in [0, 0.1) is 5.92 Å². The Morgan fingerprint density at radius 1 is 1.24 bits per heavy atom. The van der Waals surface area contributed by atoms with Gasteiger partial charge in [0.15, 0.2) is 10.9 Å². The quantitative estimate of drug-likeness (QED) is 0.225. The molecule has 2 aliphatic rings. The van der Waals surface area contributed by atoms with Crippen LogP contribution in [0.3, 0.4) is 0 Å². The molecule has 1 aromatic carbocycles. The summed E-state index contributed by atoms with van der Waals surface area (Å²) in [4.78, 5) is 34.3. The van der Waals surface area contributed by atoms with E-state index in [4.69, 9.17) is 44.5 Å². The fourth-order valence-electron chi connectivity index (χ4n) is 4.74. The monoisotopic (exact) mass is 610 g/mol. The molecule has 7 nitrogen and oxygen atoms in total. The highest BCUT2D eigenvalue weighted by Gasteiger charge is 2.38. The number of carbonyl (C=O) groups is 2. The van der Waals surface area contributed by atoms with Crippen molar-refractivity contribution in [3.8, 4) is 9.75 Å². The van der Waals surface area contributed by atoms with Crippen molar-refractivity contribution in [1.29, 1.82) is 0 Å². The highest BCUT2D eigenvalue weighted by molar-refractivity contribution is 7.24. The first kappa shape index (κ1) is 27.4. The highest BCUT2D eigenvalue weighted by atomic mass is 35.5. The van der Waals surface area contributed by atoms with Crippen molar-refractivity contribution in [2.45, 2.75) is 26.3 Å². The number of hydrogen-bond acceptors (Lipinski definition) is 8. The van der Waals surface area contributed by atoms with E-state index < -0.39 is 5.97 Å². The molecule has 2 atom stereocenters. The molecule has 12 heteroatoms. The molecule has 0 bridgehead atoms. The van der Waals surface area contributed by atoms with E-state index in [1.807, 2.05) is 11.4 Å². The van der Waals surface area contributed by atoms with Crippen LogP contribution < -0.4 is 15.5 Å².